The quantitative estimate of drug-likeness (QED) is 0.701. The zero-order valence-electron chi connectivity index (χ0n) is 7.96. The molecule has 1 aliphatic rings. The van der Waals surface area contributed by atoms with Crippen LogP contribution in [0.15, 0.2) is 0 Å². The van der Waals surface area contributed by atoms with Crippen molar-refractivity contribution >= 4 is 0 Å². The first kappa shape index (κ1) is 10.0. The highest BCUT2D eigenvalue weighted by Crippen LogP contribution is 2.21. The van der Waals surface area contributed by atoms with Crippen molar-refractivity contribution in [3.63, 3.8) is 0 Å². The van der Waals surface area contributed by atoms with Crippen LogP contribution in [-0.4, -0.2) is 24.9 Å². The highest BCUT2D eigenvalue weighted by molar-refractivity contribution is 4.64. The van der Waals surface area contributed by atoms with Crippen molar-refractivity contribution < 1.29 is 9.84 Å². The Balaban J connectivity index is 2.05. The van der Waals surface area contributed by atoms with Crippen LogP contribution in [0, 0.1) is 11.8 Å². The van der Waals surface area contributed by atoms with Crippen molar-refractivity contribution in [2.24, 2.45) is 11.8 Å². The second-order valence-electron chi connectivity index (χ2n) is 3.92. The van der Waals surface area contributed by atoms with Gasteiger partial charge in [-0.15, -0.1) is 0 Å². The van der Waals surface area contributed by atoms with Gasteiger partial charge in [0.05, 0.1) is 0 Å². The van der Waals surface area contributed by atoms with Crippen LogP contribution in [0.25, 0.3) is 0 Å². The topological polar surface area (TPSA) is 29.5 Å². The first-order valence-corrected chi connectivity index (χ1v) is 5.01. The Hall–Kier alpha value is -0.0800. The minimum atomic E-state index is 0.337. The van der Waals surface area contributed by atoms with Gasteiger partial charge in [-0.2, -0.15) is 0 Å². The van der Waals surface area contributed by atoms with Gasteiger partial charge in [0.2, 0.25) is 0 Å². The molecular formula is C10H20O2. The van der Waals surface area contributed by atoms with Crippen LogP contribution in [0.2, 0.25) is 0 Å². The Morgan fingerprint density at radius 2 is 2.08 bits per heavy atom. The average Bonchev–Trinajstić information content (AvgIpc) is 2.16. The molecule has 0 bridgehead atoms. The van der Waals surface area contributed by atoms with Crippen molar-refractivity contribution in [2.45, 2.75) is 32.6 Å². The summed E-state index contributed by atoms with van der Waals surface area (Å²) in [6.07, 6.45) is 4.88. The summed E-state index contributed by atoms with van der Waals surface area (Å²) in [5.74, 6) is 1.33. The summed E-state index contributed by atoms with van der Waals surface area (Å²) >= 11 is 0. The fourth-order valence-electron chi connectivity index (χ4n) is 1.65. The highest BCUT2D eigenvalue weighted by Gasteiger charge is 2.14. The molecule has 0 unspecified atom stereocenters. The summed E-state index contributed by atoms with van der Waals surface area (Å²) in [5, 5.41) is 8.84. The molecular weight excluding hydrogens is 152 g/mol. The fourth-order valence-corrected chi connectivity index (χ4v) is 1.65. The van der Waals surface area contributed by atoms with Gasteiger partial charge >= 0.3 is 0 Å². The van der Waals surface area contributed by atoms with Crippen molar-refractivity contribution in [2.75, 3.05) is 19.8 Å². The van der Waals surface area contributed by atoms with Gasteiger partial charge in [0.25, 0.3) is 0 Å². The lowest BCUT2D eigenvalue weighted by Crippen LogP contribution is -2.16. The van der Waals surface area contributed by atoms with E-state index in [0.717, 1.165) is 19.1 Å². The maximum absolute atomic E-state index is 8.84. The number of ether oxygens (including phenoxy) is 1. The largest absolute Gasteiger partial charge is 0.396 e. The van der Waals surface area contributed by atoms with Gasteiger partial charge in [-0.25, -0.2) is 0 Å². The summed E-state index contributed by atoms with van der Waals surface area (Å²) in [5.41, 5.74) is 0. The molecule has 0 spiro atoms. The molecule has 1 heterocycles. The van der Waals surface area contributed by atoms with Gasteiger partial charge in [-0.3, -0.25) is 0 Å². The molecule has 1 rings (SSSR count). The second kappa shape index (κ2) is 5.55. The van der Waals surface area contributed by atoms with E-state index in [9.17, 15) is 0 Å². The molecule has 1 atom stereocenters. The van der Waals surface area contributed by atoms with E-state index in [-0.39, 0.29) is 0 Å². The second-order valence-corrected chi connectivity index (χ2v) is 3.92. The molecule has 12 heavy (non-hydrogen) atoms. The Kier molecular flexibility index (Phi) is 4.62. The molecule has 0 aromatic heterocycles. The van der Waals surface area contributed by atoms with E-state index in [1.165, 1.54) is 25.7 Å². The van der Waals surface area contributed by atoms with Gasteiger partial charge in [0.15, 0.2) is 0 Å². The van der Waals surface area contributed by atoms with E-state index in [2.05, 4.69) is 6.92 Å². The summed E-state index contributed by atoms with van der Waals surface area (Å²) in [7, 11) is 0. The predicted octanol–water partition coefficient (Wildman–Crippen LogP) is 1.82. The minimum Gasteiger partial charge on any atom is -0.396 e. The van der Waals surface area contributed by atoms with E-state index < -0.39 is 0 Å². The van der Waals surface area contributed by atoms with Crippen molar-refractivity contribution in [3.8, 4) is 0 Å². The third-order valence-electron chi connectivity index (χ3n) is 2.72. The van der Waals surface area contributed by atoms with Gasteiger partial charge < -0.3 is 9.84 Å². The lowest BCUT2D eigenvalue weighted by atomic mass is 9.91. The number of aliphatic hydroxyl groups excluding tert-OH is 1. The van der Waals surface area contributed by atoms with E-state index in [1.807, 2.05) is 0 Å². The third kappa shape index (κ3) is 3.55. The molecule has 1 fully saturated rings. The number of rotatable bonds is 4. The van der Waals surface area contributed by atoms with Crippen LogP contribution in [0.1, 0.15) is 32.6 Å². The van der Waals surface area contributed by atoms with Crippen LogP contribution >= 0.6 is 0 Å². The maximum Gasteiger partial charge on any atom is 0.0468 e. The Morgan fingerprint density at radius 1 is 1.42 bits per heavy atom. The monoisotopic (exact) mass is 172 g/mol. The van der Waals surface area contributed by atoms with Crippen LogP contribution in [0.5, 0.6) is 0 Å². The number of hydrogen-bond donors (Lipinski definition) is 1. The molecule has 72 valence electrons. The molecule has 1 N–H and O–H groups in total. The standard InChI is InChI=1S/C10H20O2/c1-9(8-11)2-3-10-4-6-12-7-5-10/h9-11H,2-8H2,1H3/t9-/m0/s1. The molecule has 0 aromatic carbocycles. The van der Waals surface area contributed by atoms with Crippen molar-refractivity contribution in [1.29, 1.82) is 0 Å². The summed E-state index contributed by atoms with van der Waals surface area (Å²) in [6, 6.07) is 0. The van der Waals surface area contributed by atoms with Crippen molar-refractivity contribution in [1.82, 2.24) is 0 Å². The van der Waals surface area contributed by atoms with E-state index in [0.29, 0.717) is 12.5 Å². The van der Waals surface area contributed by atoms with Crippen LogP contribution in [0.4, 0.5) is 0 Å². The molecule has 0 aliphatic carbocycles. The Morgan fingerprint density at radius 3 is 2.67 bits per heavy atom. The fraction of sp³-hybridized carbons (Fsp3) is 1.00. The average molecular weight is 172 g/mol. The minimum absolute atomic E-state index is 0.337. The smallest absolute Gasteiger partial charge is 0.0468 e. The molecule has 2 heteroatoms. The molecule has 1 saturated heterocycles. The normalized spacial score (nSPS) is 22.5. The van der Waals surface area contributed by atoms with Crippen LogP contribution in [-0.2, 0) is 4.74 Å². The third-order valence-corrected chi connectivity index (χ3v) is 2.72. The van der Waals surface area contributed by atoms with Gasteiger partial charge in [0.1, 0.15) is 0 Å². The van der Waals surface area contributed by atoms with E-state index in [1.54, 1.807) is 0 Å². The molecule has 1 aliphatic heterocycles. The zero-order chi connectivity index (χ0) is 8.81. The Bertz CT molecular complexity index is 108. The predicted molar refractivity (Wildman–Crippen MR) is 49.0 cm³/mol. The van der Waals surface area contributed by atoms with Crippen LogP contribution < -0.4 is 0 Å². The van der Waals surface area contributed by atoms with Gasteiger partial charge in [-0.05, 0) is 37.5 Å². The van der Waals surface area contributed by atoms with E-state index in [4.69, 9.17) is 9.84 Å². The highest BCUT2D eigenvalue weighted by atomic mass is 16.5. The maximum atomic E-state index is 8.84. The molecule has 0 radical (unpaired) electrons. The molecule has 0 amide bonds. The first-order valence-electron chi connectivity index (χ1n) is 5.01. The lowest BCUT2D eigenvalue weighted by Gasteiger charge is -2.22. The zero-order valence-corrected chi connectivity index (χ0v) is 7.96. The Labute approximate surface area is 74.9 Å². The van der Waals surface area contributed by atoms with Gasteiger partial charge in [0, 0.05) is 19.8 Å². The molecule has 0 aromatic rings. The van der Waals surface area contributed by atoms with Gasteiger partial charge in [-0.1, -0.05) is 6.92 Å². The SMILES string of the molecule is C[C@H](CO)CCC1CCOCC1. The lowest BCUT2D eigenvalue weighted by molar-refractivity contribution is 0.0610. The van der Waals surface area contributed by atoms with E-state index >= 15 is 0 Å². The molecule has 2 nitrogen and oxygen atoms in total. The first-order chi connectivity index (χ1) is 5.83. The molecule has 0 saturated carbocycles. The summed E-state index contributed by atoms with van der Waals surface area (Å²) < 4.78 is 5.28. The number of hydrogen-bond acceptors (Lipinski definition) is 2. The van der Waals surface area contributed by atoms with Crippen LogP contribution in [0.3, 0.4) is 0 Å². The summed E-state index contributed by atoms with van der Waals surface area (Å²) in [4.78, 5) is 0. The number of aliphatic hydroxyl groups is 1. The van der Waals surface area contributed by atoms with Crippen molar-refractivity contribution in [3.05, 3.63) is 0 Å². The summed E-state index contributed by atoms with van der Waals surface area (Å²) in [6.45, 7) is 4.33.